The van der Waals surface area contributed by atoms with E-state index in [4.69, 9.17) is 25.5 Å². The Bertz CT molecular complexity index is 1720. The van der Waals surface area contributed by atoms with E-state index in [-0.39, 0.29) is 11.5 Å². The van der Waals surface area contributed by atoms with Crippen LogP contribution in [0.3, 0.4) is 0 Å². The number of hydrazone groups is 1. The number of H-pyrrole nitrogens is 1. The summed E-state index contributed by atoms with van der Waals surface area (Å²) in [5.41, 5.74) is 6.70. The summed E-state index contributed by atoms with van der Waals surface area (Å²) in [6, 6.07) is 21.2. The Kier molecular flexibility index (Phi) is 7.56. The van der Waals surface area contributed by atoms with E-state index in [1.54, 1.807) is 30.3 Å². The van der Waals surface area contributed by atoms with E-state index in [1.165, 1.54) is 25.7 Å². The molecule has 3 aromatic carbocycles. The lowest BCUT2D eigenvalue weighted by molar-refractivity contribution is 0.0696. The van der Waals surface area contributed by atoms with Gasteiger partial charge in [-0.05, 0) is 60.2 Å². The van der Waals surface area contributed by atoms with Crippen LogP contribution >= 0.6 is 11.6 Å². The van der Waals surface area contributed by atoms with Gasteiger partial charge in [0.05, 0.1) is 19.6 Å². The molecule has 0 saturated carbocycles. The molecule has 0 spiro atoms. The minimum absolute atomic E-state index is 0.0708. The third kappa shape index (κ3) is 5.41. The molecule has 40 heavy (non-hydrogen) atoms. The van der Waals surface area contributed by atoms with Gasteiger partial charge in [0.15, 0.2) is 11.5 Å². The van der Waals surface area contributed by atoms with Crippen LogP contribution in [0.25, 0.3) is 22.0 Å². The minimum atomic E-state index is -0.651. The number of hydrogen-bond acceptors (Lipinski definition) is 7. The topological polar surface area (TPSA) is 109 Å². The fourth-order valence-electron chi connectivity index (χ4n) is 4.19. The summed E-state index contributed by atoms with van der Waals surface area (Å²) in [4.78, 5) is 30.8. The first kappa shape index (κ1) is 26.6. The number of halogens is 1. The quantitative estimate of drug-likeness (QED) is 0.103. The summed E-state index contributed by atoms with van der Waals surface area (Å²) in [6.45, 7) is 0. The van der Waals surface area contributed by atoms with Gasteiger partial charge in [-0.2, -0.15) is 5.10 Å². The van der Waals surface area contributed by atoms with Crippen LogP contribution < -0.4 is 19.8 Å². The second kappa shape index (κ2) is 11.4. The smallest absolute Gasteiger partial charge is 0.379 e. The van der Waals surface area contributed by atoms with Crippen LogP contribution in [0.1, 0.15) is 26.6 Å². The Balaban J connectivity index is 1.40. The third-order valence-corrected chi connectivity index (χ3v) is 6.49. The molecule has 0 aliphatic rings. The number of ether oxygens (including phenoxy) is 2. The molecular formula is C30H25ClN4O5. The van der Waals surface area contributed by atoms with Crippen molar-refractivity contribution in [3.8, 4) is 22.6 Å². The van der Waals surface area contributed by atoms with Crippen LogP contribution in [0.2, 0.25) is 5.02 Å². The van der Waals surface area contributed by atoms with Crippen LogP contribution in [0.4, 0.5) is 5.69 Å². The maximum atomic E-state index is 13.3. The second-order valence-electron chi connectivity index (χ2n) is 8.96. The van der Waals surface area contributed by atoms with Gasteiger partial charge in [-0.3, -0.25) is 4.79 Å². The molecule has 0 bridgehead atoms. The van der Waals surface area contributed by atoms with Crippen molar-refractivity contribution in [1.82, 2.24) is 10.4 Å². The lowest BCUT2D eigenvalue weighted by Gasteiger charge is -2.13. The van der Waals surface area contributed by atoms with Crippen molar-refractivity contribution in [2.45, 2.75) is 0 Å². The highest BCUT2D eigenvalue weighted by atomic mass is 35.5. The Morgan fingerprint density at radius 1 is 1.02 bits per heavy atom. The van der Waals surface area contributed by atoms with E-state index < -0.39 is 11.9 Å². The van der Waals surface area contributed by atoms with Crippen molar-refractivity contribution < 1.29 is 23.5 Å². The Morgan fingerprint density at radius 2 is 1.85 bits per heavy atom. The Hall–Kier alpha value is -5.02. The van der Waals surface area contributed by atoms with Crippen molar-refractivity contribution >= 4 is 46.3 Å². The molecule has 0 radical (unpaired) electrons. The van der Waals surface area contributed by atoms with Crippen LogP contribution in [-0.2, 0) is 0 Å². The van der Waals surface area contributed by atoms with Crippen LogP contribution in [0, 0.1) is 0 Å². The van der Waals surface area contributed by atoms with E-state index >= 15 is 0 Å². The van der Waals surface area contributed by atoms with Crippen LogP contribution in [0.15, 0.2) is 88.6 Å². The van der Waals surface area contributed by atoms with Gasteiger partial charge in [0.25, 0.3) is 5.91 Å². The molecule has 0 fully saturated rings. The van der Waals surface area contributed by atoms with Crippen LogP contribution in [-0.4, -0.2) is 44.3 Å². The normalized spacial score (nSPS) is 11.1. The number of anilines is 1. The highest BCUT2D eigenvalue weighted by molar-refractivity contribution is 6.34. The first-order valence-electron chi connectivity index (χ1n) is 12.2. The first-order valence-corrected chi connectivity index (χ1v) is 12.6. The molecule has 5 aromatic rings. The molecule has 202 valence electrons. The number of carbonyl (C=O) groups excluding carboxylic acids is 2. The fourth-order valence-corrected chi connectivity index (χ4v) is 4.42. The zero-order valence-corrected chi connectivity index (χ0v) is 22.7. The molecule has 9 nitrogen and oxygen atoms in total. The minimum Gasteiger partial charge on any atom is -0.493 e. The zero-order valence-electron chi connectivity index (χ0n) is 21.9. The lowest BCUT2D eigenvalue weighted by Crippen LogP contribution is -2.19. The molecule has 1 amide bonds. The van der Waals surface area contributed by atoms with Gasteiger partial charge in [-0.1, -0.05) is 29.8 Å². The number of carbonyl (C=O) groups is 2. The Morgan fingerprint density at radius 3 is 2.58 bits per heavy atom. The van der Waals surface area contributed by atoms with Gasteiger partial charge < -0.3 is 23.8 Å². The summed E-state index contributed by atoms with van der Waals surface area (Å²) in [7, 11) is 5.36. The van der Waals surface area contributed by atoms with Crippen LogP contribution in [0.5, 0.6) is 11.5 Å². The molecule has 2 aromatic heterocycles. The maximum Gasteiger partial charge on any atom is 0.379 e. The molecule has 0 aliphatic carbocycles. The number of hydrogen-bond donors (Lipinski definition) is 2. The predicted molar refractivity (Wildman–Crippen MR) is 155 cm³/mol. The SMILES string of the molecule is COc1cc(C=NNC(=O)c2[nH]c3ccc(N(C)C)cc3c2-c2ccccc2Cl)ccc1OC(=O)c1ccco1. The molecule has 0 unspecified atom stereocenters. The molecule has 10 heteroatoms. The van der Waals surface area contributed by atoms with Crippen molar-refractivity contribution in [2.24, 2.45) is 5.10 Å². The first-order chi connectivity index (χ1) is 19.4. The number of amides is 1. The molecule has 0 atom stereocenters. The van der Waals surface area contributed by atoms with Gasteiger partial charge in [-0.15, -0.1) is 0 Å². The predicted octanol–water partition coefficient (Wildman–Crippen LogP) is 6.14. The van der Waals surface area contributed by atoms with Gasteiger partial charge in [0, 0.05) is 46.8 Å². The second-order valence-corrected chi connectivity index (χ2v) is 9.36. The summed E-state index contributed by atoms with van der Waals surface area (Å²) in [5.74, 6) is -0.498. The molecule has 2 heterocycles. The highest BCUT2D eigenvalue weighted by Gasteiger charge is 2.21. The van der Waals surface area contributed by atoms with Crippen molar-refractivity contribution in [3.63, 3.8) is 0 Å². The third-order valence-electron chi connectivity index (χ3n) is 6.16. The number of rotatable bonds is 8. The number of methoxy groups -OCH3 is 1. The number of benzene rings is 3. The average Bonchev–Trinajstić information content (AvgIpc) is 3.62. The van der Waals surface area contributed by atoms with E-state index in [2.05, 4.69) is 15.5 Å². The molecule has 0 saturated heterocycles. The number of nitrogens with zero attached hydrogens (tertiary/aromatic N) is 2. The number of aromatic amines is 1. The fraction of sp³-hybridized carbons (Fsp3) is 0.100. The van der Waals surface area contributed by atoms with Gasteiger partial charge in [0.2, 0.25) is 5.76 Å². The highest BCUT2D eigenvalue weighted by Crippen LogP contribution is 2.38. The summed E-state index contributed by atoms with van der Waals surface area (Å²) in [5, 5.41) is 5.52. The average molecular weight is 557 g/mol. The van der Waals surface area contributed by atoms with E-state index in [1.807, 2.05) is 55.4 Å². The number of aromatic nitrogens is 1. The molecule has 2 N–H and O–H groups in total. The van der Waals surface area contributed by atoms with E-state index in [9.17, 15) is 9.59 Å². The summed E-state index contributed by atoms with van der Waals surface area (Å²) < 4.78 is 15.8. The van der Waals surface area contributed by atoms with E-state index in [0.29, 0.717) is 27.6 Å². The number of fused-ring (bicyclic) bond motifs is 1. The molecule has 5 rings (SSSR count). The number of esters is 1. The summed E-state index contributed by atoms with van der Waals surface area (Å²) >= 11 is 6.55. The number of furan rings is 1. The van der Waals surface area contributed by atoms with Crippen molar-refractivity contribution in [3.05, 3.63) is 101 Å². The Labute approximate surface area is 235 Å². The molecule has 0 aliphatic heterocycles. The van der Waals surface area contributed by atoms with Crippen molar-refractivity contribution in [2.75, 3.05) is 26.1 Å². The molecular weight excluding hydrogens is 532 g/mol. The van der Waals surface area contributed by atoms with Crippen molar-refractivity contribution in [1.29, 1.82) is 0 Å². The summed E-state index contributed by atoms with van der Waals surface area (Å²) in [6.07, 6.45) is 2.84. The van der Waals surface area contributed by atoms with Gasteiger partial charge in [0.1, 0.15) is 5.69 Å². The monoisotopic (exact) mass is 556 g/mol. The largest absolute Gasteiger partial charge is 0.493 e. The maximum absolute atomic E-state index is 13.3. The number of nitrogens with one attached hydrogen (secondary N) is 2. The zero-order chi connectivity index (χ0) is 28.2. The van der Waals surface area contributed by atoms with Gasteiger partial charge >= 0.3 is 5.97 Å². The lowest BCUT2D eigenvalue weighted by atomic mass is 10.0. The van der Waals surface area contributed by atoms with E-state index in [0.717, 1.165) is 22.2 Å². The van der Waals surface area contributed by atoms with Gasteiger partial charge in [-0.25, -0.2) is 10.2 Å². The standard InChI is InChI=1S/C30H25ClN4O5/c1-35(2)19-11-12-23-21(16-19)27(20-7-4-5-8-22(20)31)28(33-23)29(36)34-32-17-18-10-13-24(26(15-18)38-3)40-30(37)25-9-6-14-39-25/h4-17,33H,1-3H3,(H,34,36).